The highest BCUT2D eigenvalue weighted by atomic mass is 16.6. The molecule has 0 spiro atoms. The Morgan fingerprint density at radius 1 is 1.05 bits per heavy atom. The van der Waals surface area contributed by atoms with Crippen LogP contribution in [-0.4, -0.2) is 58.9 Å². The van der Waals surface area contributed by atoms with Gasteiger partial charge in [0.15, 0.2) is 0 Å². The van der Waals surface area contributed by atoms with E-state index in [-0.39, 0.29) is 6.61 Å². The fraction of sp³-hybridized carbons (Fsp3) is 0.923. The third kappa shape index (κ3) is 6.85. The lowest BCUT2D eigenvalue weighted by molar-refractivity contribution is -0.00183. The van der Waals surface area contributed by atoms with Crippen LogP contribution >= 0.6 is 0 Å². The molecule has 0 bridgehead atoms. The van der Waals surface area contributed by atoms with E-state index in [0.717, 1.165) is 12.8 Å². The monoisotopic (exact) mass is 272 g/mol. The van der Waals surface area contributed by atoms with Crippen molar-refractivity contribution in [3.05, 3.63) is 0 Å². The molecule has 0 radical (unpaired) electrons. The van der Waals surface area contributed by atoms with Gasteiger partial charge in [-0.3, -0.25) is 0 Å². The quantitative estimate of drug-likeness (QED) is 0.515. The van der Waals surface area contributed by atoms with Gasteiger partial charge in [-0.1, -0.05) is 0 Å². The van der Waals surface area contributed by atoms with Crippen molar-refractivity contribution in [3.8, 4) is 6.07 Å². The Morgan fingerprint density at radius 3 is 2.05 bits per heavy atom. The highest BCUT2D eigenvalue weighted by Crippen LogP contribution is 2.37. The number of rotatable bonds is 12. The minimum Gasteiger partial charge on any atom is -0.382 e. The first-order valence-electron chi connectivity index (χ1n) is 6.65. The first-order valence-corrected chi connectivity index (χ1v) is 6.65. The summed E-state index contributed by atoms with van der Waals surface area (Å²) in [5.74, 6) is 0.299. The van der Waals surface area contributed by atoms with Crippen LogP contribution < -0.4 is 5.73 Å². The van der Waals surface area contributed by atoms with Gasteiger partial charge in [0, 0.05) is 7.11 Å². The molecule has 0 aromatic heterocycles. The number of methoxy groups -OCH3 is 1. The average Bonchev–Trinajstić information content (AvgIpc) is 3.25. The van der Waals surface area contributed by atoms with Crippen LogP contribution in [0.4, 0.5) is 0 Å². The molecule has 19 heavy (non-hydrogen) atoms. The third-order valence-electron chi connectivity index (χ3n) is 3.03. The van der Waals surface area contributed by atoms with E-state index in [2.05, 4.69) is 6.07 Å². The molecular weight excluding hydrogens is 248 g/mol. The molecule has 2 N–H and O–H groups in total. The molecule has 1 rings (SSSR count). The first kappa shape index (κ1) is 16.3. The zero-order chi connectivity index (χ0) is 14.0. The first-order chi connectivity index (χ1) is 9.23. The van der Waals surface area contributed by atoms with E-state index in [9.17, 15) is 0 Å². The van der Waals surface area contributed by atoms with Gasteiger partial charge in [0.1, 0.15) is 5.54 Å². The number of nitrogens with two attached hydrogens (primary N) is 1. The molecular formula is C13H24N2O4. The lowest BCUT2D eigenvalue weighted by Crippen LogP contribution is -2.45. The smallest absolute Gasteiger partial charge is 0.130 e. The van der Waals surface area contributed by atoms with Crippen LogP contribution in [0.25, 0.3) is 0 Å². The van der Waals surface area contributed by atoms with Crippen molar-refractivity contribution in [1.29, 1.82) is 5.26 Å². The van der Waals surface area contributed by atoms with E-state index < -0.39 is 5.54 Å². The normalized spacial score (nSPS) is 17.9. The summed E-state index contributed by atoms with van der Waals surface area (Å²) < 4.78 is 20.8. The molecule has 0 amide bonds. The summed E-state index contributed by atoms with van der Waals surface area (Å²) in [4.78, 5) is 0. The summed E-state index contributed by atoms with van der Waals surface area (Å²) in [5.41, 5.74) is 5.14. The Balaban J connectivity index is 1.87. The highest BCUT2D eigenvalue weighted by Gasteiger charge is 2.42. The largest absolute Gasteiger partial charge is 0.382 e. The van der Waals surface area contributed by atoms with Crippen molar-refractivity contribution in [2.75, 3.05) is 53.4 Å². The van der Waals surface area contributed by atoms with Crippen LogP contribution in [0.5, 0.6) is 0 Å². The SMILES string of the molecule is COCCOCCOCCOCC(N)(C#N)C1CC1. The predicted octanol–water partition coefficient (Wildman–Crippen LogP) is 0.314. The molecule has 1 atom stereocenters. The molecule has 0 saturated heterocycles. The number of ether oxygens (including phenoxy) is 4. The molecule has 1 saturated carbocycles. The molecule has 0 aromatic carbocycles. The van der Waals surface area contributed by atoms with Crippen LogP contribution in [0.15, 0.2) is 0 Å². The van der Waals surface area contributed by atoms with Gasteiger partial charge in [0.2, 0.25) is 0 Å². The third-order valence-corrected chi connectivity index (χ3v) is 3.03. The Hall–Kier alpha value is -0.710. The van der Waals surface area contributed by atoms with E-state index in [0.29, 0.717) is 45.6 Å². The van der Waals surface area contributed by atoms with Crippen LogP contribution in [-0.2, 0) is 18.9 Å². The molecule has 1 aliphatic rings. The van der Waals surface area contributed by atoms with Crippen molar-refractivity contribution >= 4 is 0 Å². The van der Waals surface area contributed by atoms with E-state index in [1.807, 2.05) is 0 Å². The van der Waals surface area contributed by atoms with Gasteiger partial charge in [-0.05, 0) is 18.8 Å². The van der Waals surface area contributed by atoms with Gasteiger partial charge in [-0.25, -0.2) is 0 Å². The van der Waals surface area contributed by atoms with Gasteiger partial charge in [-0.15, -0.1) is 0 Å². The van der Waals surface area contributed by atoms with Gasteiger partial charge in [0.25, 0.3) is 0 Å². The average molecular weight is 272 g/mol. The Bertz CT molecular complexity index is 278. The minimum atomic E-state index is -0.816. The zero-order valence-electron chi connectivity index (χ0n) is 11.6. The van der Waals surface area contributed by atoms with Crippen LogP contribution in [0.1, 0.15) is 12.8 Å². The second-order valence-corrected chi connectivity index (χ2v) is 4.70. The molecule has 0 heterocycles. The molecule has 0 aromatic rings. The maximum absolute atomic E-state index is 9.03. The molecule has 1 fully saturated rings. The maximum Gasteiger partial charge on any atom is 0.130 e. The lowest BCUT2D eigenvalue weighted by atomic mass is 9.98. The topological polar surface area (TPSA) is 86.7 Å². The van der Waals surface area contributed by atoms with E-state index in [1.54, 1.807) is 7.11 Å². The van der Waals surface area contributed by atoms with Crippen molar-refractivity contribution in [3.63, 3.8) is 0 Å². The van der Waals surface area contributed by atoms with Crippen molar-refractivity contribution in [2.24, 2.45) is 11.7 Å². The second kappa shape index (κ2) is 9.23. The van der Waals surface area contributed by atoms with Crippen molar-refractivity contribution in [1.82, 2.24) is 0 Å². The summed E-state index contributed by atoms with van der Waals surface area (Å²) in [5, 5.41) is 9.03. The molecule has 6 heteroatoms. The second-order valence-electron chi connectivity index (χ2n) is 4.70. The van der Waals surface area contributed by atoms with Crippen molar-refractivity contribution in [2.45, 2.75) is 18.4 Å². The minimum absolute atomic E-state index is 0.280. The van der Waals surface area contributed by atoms with Crippen LogP contribution in [0.3, 0.4) is 0 Å². The lowest BCUT2D eigenvalue weighted by Gasteiger charge is -2.20. The van der Waals surface area contributed by atoms with E-state index >= 15 is 0 Å². The molecule has 110 valence electrons. The summed E-state index contributed by atoms with van der Waals surface area (Å²) in [7, 11) is 1.64. The van der Waals surface area contributed by atoms with Gasteiger partial charge >= 0.3 is 0 Å². The molecule has 0 aliphatic heterocycles. The predicted molar refractivity (Wildman–Crippen MR) is 69.6 cm³/mol. The fourth-order valence-corrected chi connectivity index (χ4v) is 1.66. The van der Waals surface area contributed by atoms with Crippen molar-refractivity contribution < 1.29 is 18.9 Å². The van der Waals surface area contributed by atoms with Crippen LogP contribution in [0, 0.1) is 17.2 Å². The summed E-state index contributed by atoms with van der Waals surface area (Å²) >= 11 is 0. The molecule has 1 unspecified atom stereocenters. The zero-order valence-corrected chi connectivity index (χ0v) is 11.6. The maximum atomic E-state index is 9.03. The Labute approximate surface area is 114 Å². The van der Waals surface area contributed by atoms with E-state index in [4.69, 9.17) is 29.9 Å². The Kier molecular flexibility index (Phi) is 7.94. The number of nitrogens with zero attached hydrogens (tertiary/aromatic N) is 1. The standard InChI is InChI=1S/C13H24N2O4/c1-16-4-5-17-6-7-18-8-9-19-11-13(15,10-14)12-2-3-12/h12H,2-9,11,15H2,1H3. The highest BCUT2D eigenvalue weighted by molar-refractivity contribution is 5.13. The van der Waals surface area contributed by atoms with Crippen LogP contribution in [0.2, 0.25) is 0 Å². The summed E-state index contributed by atoms with van der Waals surface area (Å²) in [6.07, 6.45) is 2.06. The molecule has 1 aliphatic carbocycles. The number of hydrogen-bond acceptors (Lipinski definition) is 6. The Morgan fingerprint density at radius 2 is 1.58 bits per heavy atom. The molecule has 6 nitrogen and oxygen atoms in total. The number of hydrogen-bond donors (Lipinski definition) is 1. The van der Waals surface area contributed by atoms with Gasteiger partial charge in [0.05, 0.1) is 52.3 Å². The van der Waals surface area contributed by atoms with Gasteiger partial charge in [-0.2, -0.15) is 5.26 Å². The van der Waals surface area contributed by atoms with Gasteiger partial charge < -0.3 is 24.7 Å². The number of nitriles is 1. The van der Waals surface area contributed by atoms with E-state index in [1.165, 1.54) is 0 Å². The fourth-order valence-electron chi connectivity index (χ4n) is 1.66. The summed E-state index contributed by atoms with van der Waals surface area (Å²) in [6, 6.07) is 2.15. The summed E-state index contributed by atoms with van der Waals surface area (Å²) in [6.45, 7) is 3.46.